The molecule has 2 N–H and O–H groups in total. The highest BCUT2D eigenvalue weighted by atomic mass is 79.9. The zero-order valence-electron chi connectivity index (χ0n) is 20.0. The number of nitrogens with zero attached hydrogens (tertiary/aromatic N) is 3. The van der Waals surface area contributed by atoms with Crippen molar-refractivity contribution in [2.24, 2.45) is 5.92 Å². The smallest absolute Gasteiger partial charge is 0.223 e. The van der Waals surface area contributed by atoms with Gasteiger partial charge in [0.05, 0.1) is 16.4 Å². The molecule has 0 saturated heterocycles. The quantitative estimate of drug-likeness (QED) is 0.236. The lowest BCUT2D eigenvalue weighted by Gasteiger charge is -2.14. The Balaban J connectivity index is 1.25. The molecule has 36 heavy (non-hydrogen) atoms. The van der Waals surface area contributed by atoms with E-state index in [4.69, 9.17) is 16.6 Å². The molecule has 8 heteroatoms. The van der Waals surface area contributed by atoms with E-state index < -0.39 is 0 Å². The summed E-state index contributed by atoms with van der Waals surface area (Å²) < 4.78 is 2.59. The molecule has 2 aromatic heterocycles. The fraction of sp³-hybridized carbons (Fsp3) is 0.321. The van der Waals surface area contributed by atoms with E-state index >= 15 is 0 Å². The van der Waals surface area contributed by atoms with Gasteiger partial charge >= 0.3 is 0 Å². The summed E-state index contributed by atoms with van der Waals surface area (Å²) in [4.78, 5) is 17.3. The van der Waals surface area contributed by atoms with Crippen molar-refractivity contribution >= 4 is 44.9 Å². The minimum Gasteiger partial charge on any atom is -0.366 e. The number of amides is 1. The predicted octanol–water partition coefficient (Wildman–Crippen LogP) is 7.01. The van der Waals surface area contributed by atoms with Crippen molar-refractivity contribution in [3.05, 3.63) is 81.4 Å². The third kappa shape index (κ3) is 5.73. The second kappa shape index (κ2) is 11.4. The fourth-order valence-electron chi connectivity index (χ4n) is 4.71. The van der Waals surface area contributed by atoms with E-state index in [1.807, 2.05) is 30.3 Å². The molecule has 5 rings (SSSR count). The number of benzene rings is 2. The Hall–Kier alpha value is -2.90. The van der Waals surface area contributed by atoms with E-state index in [9.17, 15) is 4.79 Å². The third-order valence-corrected chi connectivity index (χ3v) is 7.66. The maximum absolute atomic E-state index is 12.6. The average molecular weight is 567 g/mol. The number of fused-ring (bicyclic) bond motifs is 1. The number of rotatable bonds is 7. The van der Waals surface area contributed by atoms with Crippen LogP contribution in [0.1, 0.15) is 49.7 Å². The highest BCUT2D eigenvalue weighted by molar-refractivity contribution is 9.10. The maximum Gasteiger partial charge on any atom is 0.223 e. The van der Waals surface area contributed by atoms with Gasteiger partial charge in [-0.15, -0.1) is 0 Å². The number of hydrogen-bond donors (Lipinski definition) is 2. The number of carbonyl (C=O) groups is 1. The van der Waals surface area contributed by atoms with Crippen molar-refractivity contribution in [3.8, 4) is 11.3 Å². The first kappa shape index (κ1) is 24.8. The Labute approximate surface area is 224 Å². The molecule has 186 valence electrons. The molecule has 0 radical (unpaired) electrons. The van der Waals surface area contributed by atoms with E-state index in [0.717, 1.165) is 51.2 Å². The second-order valence-electron chi connectivity index (χ2n) is 9.31. The van der Waals surface area contributed by atoms with Gasteiger partial charge in [0.1, 0.15) is 5.82 Å². The van der Waals surface area contributed by atoms with Crippen molar-refractivity contribution in [1.82, 2.24) is 19.9 Å². The highest BCUT2D eigenvalue weighted by Gasteiger charge is 2.19. The Kier molecular flexibility index (Phi) is 7.87. The van der Waals surface area contributed by atoms with Crippen molar-refractivity contribution in [1.29, 1.82) is 0 Å². The molecule has 0 unspecified atom stereocenters. The molecule has 2 heterocycles. The van der Waals surface area contributed by atoms with Crippen LogP contribution >= 0.6 is 27.5 Å². The van der Waals surface area contributed by atoms with Gasteiger partial charge in [0.2, 0.25) is 5.91 Å². The number of nitrogens with one attached hydrogen (secondary N) is 2. The first-order valence-corrected chi connectivity index (χ1v) is 13.6. The molecule has 0 spiro atoms. The van der Waals surface area contributed by atoms with Crippen molar-refractivity contribution < 1.29 is 4.79 Å². The summed E-state index contributed by atoms with van der Waals surface area (Å²) in [6, 6.07) is 18.0. The molecule has 1 aliphatic carbocycles. The van der Waals surface area contributed by atoms with Crippen LogP contribution in [0.3, 0.4) is 0 Å². The van der Waals surface area contributed by atoms with Gasteiger partial charge in [-0.2, -0.15) is 9.61 Å². The van der Waals surface area contributed by atoms with Gasteiger partial charge in [0.25, 0.3) is 0 Å². The normalized spacial score (nSPS) is 14.5. The highest BCUT2D eigenvalue weighted by Crippen LogP contribution is 2.30. The van der Waals surface area contributed by atoms with E-state index in [1.165, 1.54) is 25.7 Å². The monoisotopic (exact) mass is 565 g/mol. The lowest BCUT2D eigenvalue weighted by molar-refractivity contribution is -0.125. The zero-order valence-corrected chi connectivity index (χ0v) is 22.4. The van der Waals surface area contributed by atoms with E-state index in [0.29, 0.717) is 18.1 Å². The molecule has 4 aromatic rings. The van der Waals surface area contributed by atoms with Gasteiger partial charge in [-0.25, -0.2) is 4.98 Å². The second-order valence-corrected chi connectivity index (χ2v) is 10.6. The van der Waals surface area contributed by atoms with Gasteiger partial charge < -0.3 is 10.6 Å². The summed E-state index contributed by atoms with van der Waals surface area (Å²) in [7, 11) is 0. The molecule has 2 aromatic carbocycles. The first-order valence-electron chi connectivity index (χ1n) is 12.5. The summed E-state index contributed by atoms with van der Waals surface area (Å²) in [6.07, 6.45) is 8.61. The van der Waals surface area contributed by atoms with Gasteiger partial charge in [-0.1, -0.05) is 79.7 Å². The first-order chi connectivity index (χ1) is 17.6. The number of halogens is 2. The predicted molar refractivity (Wildman–Crippen MR) is 148 cm³/mol. The summed E-state index contributed by atoms with van der Waals surface area (Å²) in [5, 5.41) is 11.7. The number of anilines is 1. The van der Waals surface area contributed by atoms with E-state index in [2.05, 4.69) is 55.9 Å². The van der Waals surface area contributed by atoms with Crippen LogP contribution in [0.2, 0.25) is 5.02 Å². The minimum atomic E-state index is 0.172. The molecular weight excluding hydrogens is 538 g/mol. The Morgan fingerprint density at radius 2 is 1.69 bits per heavy atom. The van der Waals surface area contributed by atoms with Crippen LogP contribution in [-0.2, 0) is 17.9 Å². The fourth-order valence-corrected chi connectivity index (χ4v) is 5.29. The van der Waals surface area contributed by atoms with Crippen LogP contribution < -0.4 is 10.6 Å². The van der Waals surface area contributed by atoms with Crippen LogP contribution in [0.4, 0.5) is 5.82 Å². The Bertz CT molecular complexity index is 1350. The Morgan fingerprint density at radius 3 is 2.42 bits per heavy atom. The zero-order chi connectivity index (χ0) is 24.9. The van der Waals surface area contributed by atoms with E-state index in [1.54, 1.807) is 10.7 Å². The van der Waals surface area contributed by atoms with Crippen LogP contribution in [0.5, 0.6) is 0 Å². The lowest BCUT2D eigenvalue weighted by Crippen LogP contribution is -2.30. The maximum atomic E-state index is 12.6. The topological polar surface area (TPSA) is 71.3 Å². The molecule has 1 amide bonds. The standard InChI is InChI=1S/C28H29BrClN5O/c29-23-18-33-35-26(15-25(34-27(23)35)22-9-5-6-10-24(22)30)31-16-19-11-13-20(14-12-19)17-32-28(36)21-7-3-1-2-4-8-21/h5-6,9-15,18,21,31H,1-4,7-8,16-17H2,(H,32,36). The minimum absolute atomic E-state index is 0.172. The van der Waals surface area contributed by atoms with Crippen molar-refractivity contribution in [2.45, 2.75) is 51.6 Å². The molecule has 1 fully saturated rings. The van der Waals surface area contributed by atoms with Crippen LogP contribution in [0.25, 0.3) is 16.9 Å². The molecule has 0 aliphatic heterocycles. The number of hydrogen-bond acceptors (Lipinski definition) is 4. The molecular formula is C28H29BrClN5O. The van der Waals surface area contributed by atoms with Crippen LogP contribution in [0, 0.1) is 5.92 Å². The Morgan fingerprint density at radius 1 is 1.00 bits per heavy atom. The lowest BCUT2D eigenvalue weighted by atomic mass is 9.99. The molecule has 1 aliphatic rings. The molecule has 1 saturated carbocycles. The van der Waals surface area contributed by atoms with Crippen LogP contribution in [0.15, 0.2) is 65.3 Å². The SMILES string of the molecule is O=C(NCc1ccc(CNc2cc(-c3ccccc3Cl)nc3c(Br)cnn23)cc1)C1CCCCCC1. The van der Waals surface area contributed by atoms with E-state index in [-0.39, 0.29) is 11.8 Å². The molecule has 0 atom stereocenters. The third-order valence-electron chi connectivity index (χ3n) is 6.77. The summed E-state index contributed by atoms with van der Waals surface area (Å²) in [5.74, 6) is 1.19. The largest absolute Gasteiger partial charge is 0.366 e. The average Bonchev–Trinajstić information content (AvgIpc) is 3.09. The number of carbonyl (C=O) groups excluding carboxylic acids is 1. The summed E-state index contributed by atoms with van der Waals surface area (Å²) >= 11 is 9.99. The van der Waals surface area contributed by atoms with Crippen molar-refractivity contribution in [2.75, 3.05) is 5.32 Å². The van der Waals surface area contributed by atoms with Gasteiger partial charge in [0.15, 0.2) is 5.65 Å². The van der Waals surface area contributed by atoms with Gasteiger partial charge in [-0.3, -0.25) is 4.79 Å². The van der Waals surface area contributed by atoms with Gasteiger partial charge in [-0.05, 0) is 46.0 Å². The van der Waals surface area contributed by atoms with Gasteiger partial charge in [0, 0.05) is 35.7 Å². The summed E-state index contributed by atoms with van der Waals surface area (Å²) in [5.41, 5.74) is 4.59. The summed E-state index contributed by atoms with van der Waals surface area (Å²) in [6.45, 7) is 1.18. The molecule has 0 bridgehead atoms. The molecule has 6 nitrogen and oxygen atoms in total. The number of aromatic nitrogens is 3. The van der Waals surface area contributed by atoms with Crippen LogP contribution in [-0.4, -0.2) is 20.5 Å². The van der Waals surface area contributed by atoms with Crippen molar-refractivity contribution in [3.63, 3.8) is 0 Å².